The summed E-state index contributed by atoms with van der Waals surface area (Å²) in [6.45, 7) is 0. The number of nitrogens with zero attached hydrogens (tertiary/aromatic N) is 3. The zero-order valence-corrected chi connectivity index (χ0v) is 15.8. The standard InChI is InChI=1S/C19H12N4O3S2/c20-10-13(11-21)12-22-15-7-5-14(18(9-15)28(24,25)26)6-8-19-23-16-3-1-2-4-17(16)27-19/h1-9,12,22H,(H,24,25,26). The van der Waals surface area contributed by atoms with Crippen molar-refractivity contribution in [2.45, 2.75) is 4.90 Å². The lowest BCUT2D eigenvalue weighted by Crippen LogP contribution is -2.02. The number of thiazole rings is 1. The number of nitrogens with one attached hydrogen (secondary N) is 1. The van der Waals surface area contributed by atoms with E-state index in [1.165, 1.54) is 23.5 Å². The highest BCUT2D eigenvalue weighted by Gasteiger charge is 2.15. The molecule has 0 aliphatic carbocycles. The maximum absolute atomic E-state index is 11.8. The van der Waals surface area contributed by atoms with Gasteiger partial charge >= 0.3 is 0 Å². The van der Waals surface area contributed by atoms with Gasteiger partial charge in [-0.25, -0.2) is 4.98 Å². The molecule has 3 rings (SSSR count). The first kappa shape index (κ1) is 19.3. The first-order chi connectivity index (χ1) is 13.4. The van der Waals surface area contributed by atoms with E-state index < -0.39 is 10.1 Å². The molecule has 2 aromatic carbocycles. The van der Waals surface area contributed by atoms with Gasteiger partial charge in [0.15, 0.2) is 0 Å². The molecular weight excluding hydrogens is 396 g/mol. The molecule has 0 saturated carbocycles. The van der Waals surface area contributed by atoms with Crippen LogP contribution in [0.1, 0.15) is 10.6 Å². The number of benzene rings is 2. The highest BCUT2D eigenvalue weighted by molar-refractivity contribution is 7.86. The van der Waals surface area contributed by atoms with E-state index in [1.807, 2.05) is 24.3 Å². The molecule has 0 amide bonds. The number of para-hydroxylation sites is 1. The molecule has 9 heteroatoms. The van der Waals surface area contributed by atoms with Gasteiger partial charge in [0.2, 0.25) is 0 Å². The molecule has 0 spiro atoms. The fourth-order valence-corrected chi connectivity index (χ4v) is 3.93. The van der Waals surface area contributed by atoms with Gasteiger partial charge in [-0.2, -0.15) is 18.9 Å². The van der Waals surface area contributed by atoms with Crippen LogP contribution in [0.2, 0.25) is 0 Å². The van der Waals surface area contributed by atoms with Gasteiger partial charge in [-0.05, 0) is 35.9 Å². The number of nitriles is 2. The summed E-state index contributed by atoms with van der Waals surface area (Å²) in [5, 5.41) is 20.8. The number of hydrogen-bond acceptors (Lipinski definition) is 7. The van der Waals surface area contributed by atoms with Crippen molar-refractivity contribution >= 4 is 49.5 Å². The number of fused-ring (bicyclic) bond motifs is 1. The second-order valence-corrected chi connectivity index (χ2v) is 7.96. The Morgan fingerprint density at radius 2 is 1.89 bits per heavy atom. The van der Waals surface area contributed by atoms with Crippen LogP contribution in [0.15, 0.2) is 59.1 Å². The quantitative estimate of drug-likeness (QED) is 0.481. The highest BCUT2D eigenvalue weighted by Crippen LogP contribution is 2.26. The molecule has 0 saturated heterocycles. The highest BCUT2D eigenvalue weighted by atomic mass is 32.2. The fourth-order valence-electron chi connectivity index (χ4n) is 2.35. The summed E-state index contributed by atoms with van der Waals surface area (Å²) in [6.07, 6.45) is 4.38. The summed E-state index contributed by atoms with van der Waals surface area (Å²) in [5.41, 5.74) is 1.25. The van der Waals surface area contributed by atoms with Crippen LogP contribution in [0.4, 0.5) is 5.69 Å². The zero-order chi connectivity index (χ0) is 20.1. The molecule has 0 aliphatic heterocycles. The Bertz CT molecular complexity index is 1240. The summed E-state index contributed by atoms with van der Waals surface area (Å²) >= 11 is 1.46. The molecule has 0 fully saturated rings. The first-order valence-electron chi connectivity index (χ1n) is 7.83. The lowest BCUT2D eigenvalue weighted by molar-refractivity contribution is 0.483. The Hall–Kier alpha value is -3.50. The second-order valence-electron chi connectivity index (χ2n) is 5.51. The van der Waals surface area contributed by atoms with Gasteiger partial charge in [0, 0.05) is 11.9 Å². The Morgan fingerprint density at radius 3 is 2.57 bits per heavy atom. The van der Waals surface area contributed by atoms with Crippen molar-refractivity contribution in [1.29, 1.82) is 10.5 Å². The summed E-state index contributed by atoms with van der Waals surface area (Å²) in [5.74, 6) is 0. The fraction of sp³-hybridized carbons (Fsp3) is 0. The van der Waals surface area contributed by atoms with Crippen LogP contribution in [-0.4, -0.2) is 18.0 Å². The van der Waals surface area contributed by atoms with Crippen LogP contribution in [0, 0.1) is 22.7 Å². The average molecular weight is 408 g/mol. The number of rotatable bonds is 5. The smallest absolute Gasteiger partial charge is 0.295 e. The van der Waals surface area contributed by atoms with Crippen LogP contribution in [0.25, 0.3) is 22.4 Å². The maximum Gasteiger partial charge on any atom is 0.295 e. The Morgan fingerprint density at radius 1 is 1.14 bits per heavy atom. The van der Waals surface area contributed by atoms with Crippen LogP contribution >= 0.6 is 11.3 Å². The minimum Gasteiger partial charge on any atom is -0.360 e. The number of aromatic nitrogens is 1. The SMILES string of the molecule is N#CC(C#N)=CNc1ccc(C=Cc2nc3ccccc3s2)c(S(=O)(=O)O)c1. The number of hydrogen-bond donors (Lipinski definition) is 2. The monoisotopic (exact) mass is 408 g/mol. The molecule has 0 bridgehead atoms. The van der Waals surface area contributed by atoms with Gasteiger partial charge in [0.1, 0.15) is 27.6 Å². The van der Waals surface area contributed by atoms with E-state index in [1.54, 1.807) is 30.4 Å². The molecule has 0 aliphatic rings. The van der Waals surface area contributed by atoms with Crippen molar-refractivity contribution in [1.82, 2.24) is 4.98 Å². The molecule has 0 radical (unpaired) electrons. The molecule has 138 valence electrons. The largest absolute Gasteiger partial charge is 0.360 e. The molecule has 1 aromatic heterocycles. The lowest BCUT2D eigenvalue weighted by atomic mass is 10.2. The summed E-state index contributed by atoms with van der Waals surface area (Å²) in [7, 11) is -4.49. The van der Waals surface area contributed by atoms with Crippen molar-refractivity contribution in [2.75, 3.05) is 5.32 Å². The third-order valence-corrected chi connectivity index (χ3v) is 5.54. The minimum atomic E-state index is -4.49. The Kier molecular flexibility index (Phi) is 5.52. The van der Waals surface area contributed by atoms with E-state index in [4.69, 9.17) is 10.5 Å². The van der Waals surface area contributed by atoms with E-state index in [0.29, 0.717) is 10.7 Å². The van der Waals surface area contributed by atoms with Crippen molar-refractivity contribution in [2.24, 2.45) is 0 Å². The summed E-state index contributed by atoms with van der Waals surface area (Å²) in [6, 6.07) is 15.3. The van der Waals surface area contributed by atoms with E-state index in [-0.39, 0.29) is 16.0 Å². The van der Waals surface area contributed by atoms with Gasteiger partial charge in [0.05, 0.1) is 10.2 Å². The van der Waals surface area contributed by atoms with Crippen LogP contribution < -0.4 is 5.32 Å². The molecule has 0 atom stereocenters. The predicted molar refractivity (Wildman–Crippen MR) is 108 cm³/mol. The normalized spacial score (nSPS) is 11.1. The van der Waals surface area contributed by atoms with Gasteiger partial charge < -0.3 is 5.32 Å². The predicted octanol–water partition coefficient (Wildman–Crippen LogP) is 4.06. The van der Waals surface area contributed by atoms with Crippen molar-refractivity contribution < 1.29 is 13.0 Å². The lowest BCUT2D eigenvalue weighted by Gasteiger charge is -2.07. The summed E-state index contributed by atoms with van der Waals surface area (Å²) in [4.78, 5) is 4.14. The number of anilines is 1. The molecule has 3 aromatic rings. The third kappa shape index (κ3) is 4.42. The topological polar surface area (TPSA) is 127 Å². The zero-order valence-electron chi connectivity index (χ0n) is 14.2. The van der Waals surface area contributed by atoms with Crippen LogP contribution in [0.3, 0.4) is 0 Å². The van der Waals surface area contributed by atoms with Crippen LogP contribution in [-0.2, 0) is 10.1 Å². The van der Waals surface area contributed by atoms with E-state index in [9.17, 15) is 13.0 Å². The molecule has 2 N–H and O–H groups in total. The van der Waals surface area contributed by atoms with Crippen molar-refractivity contribution in [3.05, 3.63) is 64.8 Å². The van der Waals surface area contributed by atoms with E-state index >= 15 is 0 Å². The minimum absolute atomic E-state index is 0.173. The molecular formula is C19H12N4O3S2. The molecule has 1 heterocycles. The molecule has 0 unspecified atom stereocenters. The van der Waals surface area contributed by atoms with Gasteiger partial charge in [-0.1, -0.05) is 24.3 Å². The molecule has 7 nitrogen and oxygen atoms in total. The van der Waals surface area contributed by atoms with Crippen molar-refractivity contribution in [3.8, 4) is 12.1 Å². The van der Waals surface area contributed by atoms with Gasteiger partial charge in [-0.3, -0.25) is 4.55 Å². The van der Waals surface area contributed by atoms with Gasteiger partial charge in [0.25, 0.3) is 10.1 Å². The van der Waals surface area contributed by atoms with Gasteiger partial charge in [-0.15, -0.1) is 11.3 Å². The first-order valence-corrected chi connectivity index (χ1v) is 10.1. The van der Waals surface area contributed by atoms with Crippen molar-refractivity contribution in [3.63, 3.8) is 0 Å². The average Bonchev–Trinajstić information content (AvgIpc) is 3.10. The molecule has 28 heavy (non-hydrogen) atoms. The third-order valence-electron chi connectivity index (χ3n) is 3.63. The Balaban J connectivity index is 1.95. The summed E-state index contributed by atoms with van der Waals surface area (Å²) < 4.78 is 34.1. The Labute approximate surface area is 165 Å². The van der Waals surface area contributed by atoms with E-state index in [2.05, 4.69) is 10.3 Å². The number of allylic oxidation sites excluding steroid dienone is 1. The maximum atomic E-state index is 11.8. The second kappa shape index (κ2) is 8.03. The van der Waals surface area contributed by atoms with E-state index in [0.717, 1.165) is 16.4 Å². The van der Waals surface area contributed by atoms with Crippen LogP contribution in [0.5, 0.6) is 0 Å².